The fourth-order valence-electron chi connectivity index (χ4n) is 2.92. The van der Waals surface area contributed by atoms with Crippen LogP contribution >= 0.6 is 11.3 Å². The third-order valence-electron chi connectivity index (χ3n) is 4.13. The van der Waals surface area contributed by atoms with Crippen LogP contribution in [0.5, 0.6) is 0 Å². The highest BCUT2D eigenvalue weighted by molar-refractivity contribution is 7.09. The maximum absolute atomic E-state index is 12.8. The SMILES string of the molecule is NC1COCC1C(=O)N(Cc1cccs1)CC1CCCO1. The van der Waals surface area contributed by atoms with E-state index in [1.54, 1.807) is 11.3 Å². The molecule has 2 aliphatic heterocycles. The van der Waals surface area contributed by atoms with Gasteiger partial charge in [-0.1, -0.05) is 6.07 Å². The van der Waals surface area contributed by atoms with Gasteiger partial charge in [0.05, 0.1) is 31.8 Å². The smallest absolute Gasteiger partial charge is 0.230 e. The summed E-state index contributed by atoms with van der Waals surface area (Å²) in [5.74, 6) is -0.115. The molecule has 0 aliphatic carbocycles. The number of thiophene rings is 1. The van der Waals surface area contributed by atoms with E-state index in [1.165, 1.54) is 4.88 Å². The second-order valence-electron chi connectivity index (χ2n) is 5.74. The fraction of sp³-hybridized carbons (Fsp3) is 0.667. The van der Waals surface area contributed by atoms with Crippen molar-refractivity contribution in [1.29, 1.82) is 0 Å². The first-order valence-electron chi connectivity index (χ1n) is 7.50. The standard InChI is InChI=1S/C15H22N2O3S/c16-14-10-19-9-13(14)15(18)17(7-11-3-1-5-20-11)8-12-4-2-6-21-12/h2,4,6,11,13-14H,1,3,5,7-10,16H2. The molecule has 1 amide bonds. The van der Waals surface area contributed by atoms with Crippen molar-refractivity contribution in [2.24, 2.45) is 11.7 Å². The van der Waals surface area contributed by atoms with E-state index in [9.17, 15) is 4.79 Å². The minimum atomic E-state index is -0.216. The predicted molar refractivity (Wildman–Crippen MR) is 81.0 cm³/mol. The lowest BCUT2D eigenvalue weighted by molar-refractivity contribution is -0.138. The van der Waals surface area contributed by atoms with Gasteiger partial charge in [-0.2, -0.15) is 0 Å². The molecule has 0 radical (unpaired) electrons. The summed E-state index contributed by atoms with van der Waals surface area (Å²) in [6.07, 6.45) is 2.27. The Labute approximate surface area is 129 Å². The molecule has 0 bridgehead atoms. The van der Waals surface area contributed by atoms with Gasteiger partial charge in [0.25, 0.3) is 0 Å². The summed E-state index contributed by atoms with van der Waals surface area (Å²) in [5, 5.41) is 2.04. The highest BCUT2D eigenvalue weighted by Gasteiger charge is 2.35. The molecule has 2 aliphatic rings. The summed E-state index contributed by atoms with van der Waals surface area (Å²) in [7, 11) is 0. The van der Waals surface area contributed by atoms with Gasteiger partial charge < -0.3 is 20.1 Å². The van der Waals surface area contributed by atoms with Gasteiger partial charge in [-0.3, -0.25) is 4.79 Å². The van der Waals surface area contributed by atoms with E-state index in [2.05, 4.69) is 6.07 Å². The van der Waals surface area contributed by atoms with Crippen LogP contribution in [-0.4, -0.2) is 49.3 Å². The second kappa shape index (κ2) is 6.87. The zero-order chi connectivity index (χ0) is 14.7. The minimum absolute atomic E-state index is 0.101. The van der Waals surface area contributed by atoms with Crippen LogP contribution in [0, 0.1) is 5.92 Å². The quantitative estimate of drug-likeness (QED) is 0.888. The molecule has 3 atom stereocenters. The van der Waals surface area contributed by atoms with Crippen molar-refractivity contribution in [2.75, 3.05) is 26.4 Å². The first kappa shape index (κ1) is 15.0. The normalized spacial score (nSPS) is 28.9. The highest BCUT2D eigenvalue weighted by atomic mass is 32.1. The Morgan fingerprint density at radius 2 is 2.38 bits per heavy atom. The lowest BCUT2D eigenvalue weighted by Crippen LogP contribution is -2.45. The Morgan fingerprint density at radius 3 is 3.00 bits per heavy atom. The molecule has 3 unspecified atom stereocenters. The Bertz CT molecular complexity index is 459. The average Bonchev–Trinajstić information content (AvgIpc) is 3.19. The molecule has 2 N–H and O–H groups in total. The van der Waals surface area contributed by atoms with Crippen molar-refractivity contribution in [3.8, 4) is 0 Å². The summed E-state index contributed by atoms with van der Waals surface area (Å²) < 4.78 is 11.0. The third-order valence-corrected chi connectivity index (χ3v) is 4.99. The molecule has 116 valence electrons. The number of nitrogens with two attached hydrogens (primary N) is 1. The van der Waals surface area contributed by atoms with Gasteiger partial charge in [-0.05, 0) is 24.3 Å². The van der Waals surface area contributed by atoms with Crippen molar-refractivity contribution in [1.82, 2.24) is 4.90 Å². The molecular weight excluding hydrogens is 288 g/mol. The molecule has 3 heterocycles. The Balaban J connectivity index is 1.69. The number of hydrogen-bond donors (Lipinski definition) is 1. The Hall–Kier alpha value is -0.950. The van der Waals surface area contributed by atoms with E-state index in [1.807, 2.05) is 16.3 Å². The van der Waals surface area contributed by atoms with Crippen molar-refractivity contribution in [2.45, 2.75) is 31.5 Å². The molecule has 0 spiro atoms. The molecule has 21 heavy (non-hydrogen) atoms. The zero-order valence-electron chi connectivity index (χ0n) is 12.1. The zero-order valence-corrected chi connectivity index (χ0v) is 12.9. The van der Waals surface area contributed by atoms with Gasteiger partial charge in [0.2, 0.25) is 5.91 Å². The number of carbonyl (C=O) groups excluding carboxylic acids is 1. The number of amides is 1. The summed E-state index contributed by atoms with van der Waals surface area (Å²) >= 11 is 1.67. The molecule has 1 aromatic heterocycles. The largest absolute Gasteiger partial charge is 0.379 e. The molecular formula is C15H22N2O3S. The molecule has 1 aromatic rings. The van der Waals surface area contributed by atoms with Crippen molar-refractivity contribution < 1.29 is 14.3 Å². The van der Waals surface area contributed by atoms with Crippen molar-refractivity contribution >= 4 is 17.2 Å². The first-order valence-corrected chi connectivity index (χ1v) is 8.38. The molecule has 0 aromatic carbocycles. The van der Waals surface area contributed by atoms with Crippen LogP contribution in [0.25, 0.3) is 0 Å². The van der Waals surface area contributed by atoms with Crippen LogP contribution in [0.15, 0.2) is 17.5 Å². The van der Waals surface area contributed by atoms with Crippen molar-refractivity contribution in [3.05, 3.63) is 22.4 Å². The molecule has 6 heteroatoms. The number of hydrogen-bond acceptors (Lipinski definition) is 5. The number of rotatable bonds is 5. The van der Waals surface area contributed by atoms with E-state index in [-0.39, 0.29) is 24.0 Å². The number of carbonyl (C=O) groups is 1. The maximum Gasteiger partial charge on any atom is 0.230 e. The monoisotopic (exact) mass is 310 g/mol. The van der Waals surface area contributed by atoms with E-state index in [4.69, 9.17) is 15.2 Å². The van der Waals surface area contributed by atoms with Gasteiger partial charge in [0, 0.05) is 24.1 Å². The summed E-state index contributed by atoms with van der Waals surface area (Å²) in [6.45, 7) is 3.01. The van der Waals surface area contributed by atoms with Crippen LogP contribution < -0.4 is 5.73 Å². The maximum atomic E-state index is 12.8. The second-order valence-corrected chi connectivity index (χ2v) is 6.77. The lowest BCUT2D eigenvalue weighted by atomic mass is 10.0. The third kappa shape index (κ3) is 3.63. The van der Waals surface area contributed by atoms with Gasteiger partial charge in [-0.15, -0.1) is 11.3 Å². The van der Waals surface area contributed by atoms with Crippen LogP contribution in [-0.2, 0) is 20.8 Å². The fourth-order valence-corrected chi connectivity index (χ4v) is 3.64. The van der Waals surface area contributed by atoms with Crippen LogP contribution in [0.4, 0.5) is 0 Å². The molecule has 3 rings (SSSR count). The van der Waals surface area contributed by atoms with Gasteiger partial charge in [0.15, 0.2) is 0 Å². The summed E-state index contributed by atoms with van der Waals surface area (Å²) in [6, 6.07) is 3.89. The van der Waals surface area contributed by atoms with E-state index in [0.717, 1.165) is 19.4 Å². The van der Waals surface area contributed by atoms with Crippen molar-refractivity contribution in [3.63, 3.8) is 0 Å². The minimum Gasteiger partial charge on any atom is -0.379 e. The molecule has 2 saturated heterocycles. The molecule has 0 saturated carbocycles. The topological polar surface area (TPSA) is 64.8 Å². The Morgan fingerprint density at radius 1 is 1.48 bits per heavy atom. The number of nitrogens with zero attached hydrogens (tertiary/aromatic N) is 1. The van der Waals surface area contributed by atoms with Gasteiger partial charge in [0.1, 0.15) is 0 Å². The van der Waals surface area contributed by atoms with Crippen LogP contribution in [0.1, 0.15) is 17.7 Å². The average molecular weight is 310 g/mol. The molecule has 5 nitrogen and oxygen atoms in total. The number of ether oxygens (including phenoxy) is 2. The first-order chi connectivity index (χ1) is 10.2. The lowest BCUT2D eigenvalue weighted by Gasteiger charge is -2.28. The van der Waals surface area contributed by atoms with E-state index in [0.29, 0.717) is 26.3 Å². The van der Waals surface area contributed by atoms with Gasteiger partial charge in [-0.25, -0.2) is 0 Å². The van der Waals surface area contributed by atoms with E-state index >= 15 is 0 Å². The van der Waals surface area contributed by atoms with E-state index < -0.39 is 0 Å². The van der Waals surface area contributed by atoms with Crippen LogP contribution in [0.2, 0.25) is 0 Å². The predicted octanol–water partition coefficient (Wildman–Crippen LogP) is 1.23. The molecule has 2 fully saturated rings. The summed E-state index contributed by atoms with van der Waals surface area (Å²) in [4.78, 5) is 15.9. The summed E-state index contributed by atoms with van der Waals surface area (Å²) in [5.41, 5.74) is 6.00. The highest BCUT2D eigenvalue weighted by Crippen LogP contribution is 2.21. The van der Waals surface area contributed by atoms with Crippen LogP contribution in [0.3, 0.4) is 0 Å². The Kier molecular flexibility index (Phi) is 4.90. The van der Waals surface area contributed by atoms with Gasteiger partial charge >= 0.3 is 0 Å².